The SMILES string of the molecule is C=CN=C(C(C)=O)C(C#N)=C(C)C. The summed E-state index contributed by atoms with van der Waals surface area (Å²) in [5.74, 6) is -0.224. The van der Waals surface area contributed by atoms with Gasteiger partial charge in [-0.05, 0) is 13.8 Å². The highest BCUT2D eigenvalue weighted by Gasteiger charge is 2.12. The van der Waals surface area contributed by atoms with E-state index in [1.807, 2.05) is 6.07 Å². The molecule has 0 heterocycles. The molecule has 0 aromatic carbocycles. The zero-order valence-corrected chi connectivity index (χ0v) is 8.09. The number of nitriles is 1. The minimum absolute atomic E-state index is 0.178. The van der Waals surface area contributed by atoms with Crippen molar-refractivity contribution < 1.29 is 4.79 Å². The first kappa shape index (κ1) is 11.3. The maximum atomic E-state index is 11.1. The first-order chi connectivity index (χ1) is 6.04. The molecule has 0 fully saturated rings. The summed E-state index contributed by atoms with van der Waals surface area (Å²) in [7, 11) is 0. The molecular formula is C10H12N2O. The minimum atomic E-state index is -0.224. The van der Waals surface area contributed by atoms with E-state index >= 15 is 0 Å². The van der Waals surface area contributed by atoms with Gasteiger partial charge in [0.15, 0.2) is 5.78 Å². The average molecular weight is 176 g/mol. The number of Topliss-reactive ketones (excluding diaryl/α,β-unsaturated/α-hetero) is 1. The predicted octanol–water partition coefficient (Wildman–Crippen LogP) is 2.02. The van der Waals surface area contributed by atoms with E-state index in [2.05, 4.69) is 11.6 Å². The lowest BCUT2D eigenvalue weighted by molar-refractivity contribution is -0.111. The number of aliphatic imine (C=N–C) groups is 1. The lowest BCUT2D eigenvalue weighted by atomic mass is 10.0. The molecule has 0 aliphatic carbocycles. The zero-order chi connectivity index (χ0) is 10.4. The molecular weight excluding hydrogens is 164 g/mol. The first-order valence-corrected chi connectivity index (χ1v) is 3.82. The number of nitrogens with zero attached hydrogens (tertiary/aromatic N) is 2. The number of ketones is 1. The van der Waals surface area contributed by atoms with E-state index < -0.39 is 0 Å². The van der Waals surface area contributed by atoms with E-state index in [9.17, 15) is 4.79 Å². The van der Waals surface area contributed by atoms with Crippen LogP contribution in [0.5, 0.6) is 0 Å². The van der Waals surface area contributed by atoms with Crippen LogP contribution >= 0.6 is 0 Å². The van der Waals surface area contributed by atoms with Gasteiger partial charge in [-0.1, -0.05) is 12.2 Å². The molecule has 0 saturated carbocycles. The summed E-state index contributed by atoms with van der Waals surface area (Å²) in [6.07, 6.45) is 1.26. The van der Waals surface area contributed by atoms with Crippen LogP contribution in [0.3, 0.4) is 0 Å². The molecule has 0 aromatic heterocycles. The fourth-order valence-electron chi connectivity index (χ4n) is 0.824. The van der Waals surface area contributed by atoms with Crippen LogP contribution in [0.2, 0.25) is 0 Å². The van der Waals surface area contributed by atoms with Crippen LogP contribution in [0.25, 0.3) is 0 Å². The molecule has 0 amide bonds. The van der Waals surface area contributed by atoms with Crippen molar-refractivity contribution in [2.24, 2.45) is 4.99 Å². The highest BCUT2D eigenvalue weighted by atomic mass is 16.1. The third-order valence-electron chi connectivity index (χ3n) is 1.40. The summed E-state index contributed by atoms with van der Waals surface area (Å²) in [4.78, 5) is 14.8. The number of hydrogen-bond acceptors (Lipinski definition) is 3. The molecule has 0 saturated heterocycles. The van der Waals surface area contributed by atoms with Crippen molar-refractivity contribution in [1.29, 1.82) is 5.26 Å². The van der Waals surface area contributed by atoms with Crippen molar-refractivity contribution in [3.63, 3.8) is 0 Å². The van der Waals surface area contributed by atoms with Gasteiger partial charge >= 0.3 is 0 Å². The molecule has 0 spiro atoms. The smallest absolute Gasteiger partial charge is 0.179 e. The third kappa shape index (κ3) is 3.04. The summed E-state index contributed by atoms with van der Waals surface area (Å²) in [6.45, 7) is 8.29. The van der Waals surface area contributed by atoms with E-state index in [1.165, 1.54) is 13.1 Å². The van der Waals surface area contributed by atoms with E-state index in [0.717, 1.165) is 5.57 Å². The highest BCUT2D eigenvalue weighted by molar-refractivity contribution is 6.46. The van der Waals surface area contributed by atoms with Crippen molar-refractivity contribution >= 4 is 11.5 Å². The molecule has 0 N–H and O–H groups in total. The quantitative estimate of drug-likeness (QED) is 0.488. The van der Waals surface area contributed by atoms with Crippen LogP contribution in [0.4, 0.5) is 0 Å². The Balaban J connectivity index is 5.34. The molecule has 3 nitrogen and oxygen atoms in total. The number of allylic oxidation sites excluding steroid dienone is 2. The van der Waals surface area contributed by atoms with Crippen LogP contribution in [0.15, 0.2) is 28.9 Å². The topological polar surface area (TPSA) is 53.2 Å². The molecule has 0 aliphatic rings. The van der Waals surface area contributed by atoms with E-state index in [1.54, 1.807) is 13.8 Å². The van der Waals surface area contributed by atoms with Crippen molar-refractivity contribution in [3.05, 3.63) is 23.9 Å². The average Bonchev–Trinajstić information content (AvgIpc) is 2.03. The Morgan fingerprint density at radius 1 is 1.46 bits per heavy atom. The molecule has 0 radical (unpaired) electrons. The Kier molecular flexibility index (Phi) is 4.39. The van der Waals surface area contributed by atoms with Gasteiger partial charge in [-0.2, -0.15) is 5.26 Å². The van der Waals surface area contributed by atoms with Gasteiger partial charge in [-0.25, -0.2) is 0 Å². The Morgan fingerprint density at radius 2 is 2.00 bits per heavy atom. The van der Waals surface area contributed by atoms with Gasteiger partial charge in [0, 0.05) is 13.1 Å². The van der Waals surface area contributed by atoms with Crippen LogP contribution in [-0.2, 0) is 4.79 Å². The van der Waals surface area contributed by atoms with Crippen LogP contribution in [-0.4, -0.2) is 11.5 Å². The van der Waals surface area contributed by atoms with Crippen molar-refractivity contribution in [2.75, 3.05) is 0 Å². The number of carbonyl (C=O) groups excluding carboxylic acids is 1. The summed E-state index contributed by atoms with van der Waals surface area (Å²) in [5.41, 5.74) is 1.28. The Morgan fingerprint density at radius 3 is 2.23 bits per heavy atom. The Hall–Kier alpha value is -1.69. The van der Waals surface area contributed by atoms with Gasteiger partial charge in [0.1, 0.15) is 11.8 Å². The highest BCUT2D eigenvalue weighted by Crippen LogP contribution is 2.06. The van der Waals surface area contributed by atoms with Crippen LogP contribution in [0, 0.1) is 11.3 Å². The Labute approximate surface area is 78.1 Å². The van der Waals surface area contributed by atoms with Crippen molar-refractivity contribution in [3.8, 4) is 6.07 Å². The van der Waals surface area contributed by atoms with Gasteiger partial charge in [-0.3, -0.25) is 9.79 Å². The van der Waals surface area contributed by atoms with E-state index in [-0.39, 0.29) is 11.5 Å². The third-order valence-corrected chi connectivity index (χ3v) is 1.40. The summed E-state index contributed by atoms with van der Waals surface area (Å²) >= 11 is 0. The molecule has 0 aromatic rings. The Bertz CT molecular complexity index is 325. The van der Waals surface area contributed by atoms with E-state index in [0.29, 0.717) is 5.57 Å². The minimum Gasteiger partial charge on any atom is -0.293 e. The maximum absolute atomic E-state index is 11.1. The number of carbonyl (C=O) groups is 1. The zero-order valence-electron chi connectivity index (χ0n) is 8.09. The van der Waals surface area contributed by atoms with Gasteiger partial charge in [0.25, 0.3) is 0 Å². The largest absolute Gasteiger partial charge is 0.293 e. The van der Waals surface area contributed by atoms with Crippen LogP contribution in [0.1, 0.15) is 20.8 Å². The van der Waals surface area contributed by atoms with Crippen LogP contribution < -0.4 is 0 Å². The molecule has 13 heavy (non-hydrogen) atoms. The second-order valence-electron chi connectivity index (χ2n) is 2.70. The lowest BCUT2D eigenvalue weighted by Crippen LogP contribution is -2.12. The molecule has 0 bridgehead atoms. The van der Waals surface area contributed by atoms with Gasteiger partial charge in [0.05, 0.1) is 5.57 Å². The molecule has 0 unspecified atom stereocenters. The van der Waals surface area contributed by atoms with Gasteiger partial charge in [0.2, 0.25) is 0 Å². The maximum Gasteiger partial charge on any atom is 0.179 e. The lowest BCUT2D eigenvalue weighted by Gasteiger charge is -2.00. The first-order valence-electron chi connectivity index (χ1n) is 3.82. The van der Waals surface area contributed by atoms with E-state index in [4.69, 9.17) is 5.26 Å². The standard InChI is InChI=1S/C10H12N2O/c1-5-12-10(8(4)13)9(6-11)7(2)3/h5H,1H2,2-4H3. The second-order valence-corrected chi connectivity index (χ2v) is 2.70. The predicted molar refractivity (Wildman–Crippen MR) is 52.3 cm³/mol. The summed E-state index contributed by atoms with van der Waals surface area (Å²) < 4.78 is 0. The molecule has 0 atom stereocenters. The fraction of sp³-hybridized carbons (Fsp3) is 0.300. The normalized spacial score (nSPS) is 10.2. The monoisotopic (exact) mass is 176 g/mol. The second kappa shape index (κ2) is 5.04. The molecule has 0 rings (SSSR count). The van der Waals surface area contributed by atoms with Crippen molar-refractivity contribution in [1.82, 2.24) is 0 Å². The number of rotatable bonds is 3. The van der Waals surface area contributed by atoms with Crippen molar-refractivity contribution in [2.45, 2.75) is 20.8 Å². The fourth-order valence-corrected chi connectivity index (χ4v) is 0.824. The van der Waals surface area contributed by atoms with Gasteiger partial charge < -0.3 is 0 Å². The molecule has 68 valence electrons. The molecule has 3 heteroatoms. The summed E-state index contributed by atoms with van der Waals surface area (Å²) in [6, 6.07) is 1.95. The van der Waals surface area contributed by atoms with Gasteiger partial charge in [-0.15, -0.1) is 0 Å². The number of hydrogen-bond donors (Lipinski definition) is 0. The molecule has 0 aliphatic heterocycles. The summed E-state index contributed by atoms with van der Waals surface area (Å²) in [5, 5.41) is 8.77.